The van der Waals surface area contributed by atoms with Gasteiger partial charge in [0.25, 0.3) is 0 Å². The van der Waals surface area contributed by atoms with E-state index < -0.39 is 0 Å². The van der Waals surface area contributed by atoms with E-state index in [0.29, 0.717) is 5.82 Å². The van der Waals surface area contributed by atoms with Gasteiger partial charge in [-0.2, -0.15) is 0 Å². The molecule has 0 bridgehead atoms. The third-order valence-electron chi connectivity index (χ3n) is 1.95. The maximum Gasteiger partial charge on any atom is 0.148 e. The zero-order valence-corrected chi connectivity index (χ0v) is 8.83. The predicted octanol–water partition coefficient (Wildman–Crippen LogP) is 1.91. The monoisotopic (exact) mass is 194 g/mol. The molecule has 0 aliphatic rings. The van der Waals surface area contributed by atoms with Gasteiger partial charge in [0.05, 0.1) is 0 Å². The van der Waals surface area contributed by atoms with E-state index in [1.807, 2.05) is 6.07 Å². The molecule has 0 radical (unpaired) electrons. The summed E-state index contributed by atoms with van der Waals surface area (Å²) in [5.41, 5.74) is 5.42. The molecule has 1 aromatic heterocycles. The molecule has 0 atom stereocenters. The van der Waals surface area contributed by atoms with E-state index >= 15 is 0 Å². The van der Waals surface area contributed by atoms with Crippen molar-refractivity contribution in [3.05, 3.63) is 12.1 Å². The Morgan fingerprint density at radius 2 is 2.14 bits per heavy atom. The fourth-order valence-corrected chi connectivity index (χ4v) is 1.16. The van der Waals surface area contributed by atoms with Crippen LogP contribution in [0, 0.1) is 5.92 Å². The van der Waals surface area contributed by atoms with E-state index in [1.54, 1.807) is 6.07 Å². The van der Waals surface area contributed by atoms with Crippen molar-refractivity contribution in [3.8, 4) is 0 Å². The van der Waals surface area contributed by atoms with Crippen molar-refractivity contribution in [2.45, 2.75) is 26.7 Å². The summed E-state index contributed by atoms with van der Waals surface area (Å²) in [4.78, 5) is 0. The van der Waals surface area contributed by atoms with Gasteiger partial charge in [-0.25, -0.2) is 0 Å². The molecule has 0 aliphatic heterocycles. The first-order valence-electron chi connectivity index (χ1n) is 5.01. The first kappa shape index (κ1) is 10.8. The Labute approximate surface area is 84.9 Å². The summed E-state index contributed by atoms with van der Waals surface area (Å²) in [6.45, 7) is 5.39. The van der Waals surface area contributed by atoms with Gasteiger partial charge in [-0.1, -0.05) is 13.8 Å². The van der Waals surface area contributed by atoms with Crippen LogP contribution in [0.25, 0.3) is 0 Å². The van der Waals surface area contributed by atoms with E-state index in [2.05, 4.69) is 29.4 Å². The molecule has 1 heterocycles. The van der Waals surface area contributed by atoms with Crippen LogP contribution in [0.1, 0.15) is 26.7 Å². The first-order chi connectivity index (χ1) is 6.68. The highest BCUT2D eigenvalue weighted by Gasteiger charge is 1.96. The van der Waals surface area contributed by atoms with Crippen LogP contribution in [0.2, 0.25) is 0 Å². The molecule has 3 N–H and O–H groups in total. The molecule has 4 heteroatoms. The second kappa shape index (κ2) is 5.42. The Balaban J connectivity index is 2.21. The zero-order chi connectivity index (χ0) is 10.4. The SMILES string of the molecule is CC(C)CCCNc1ccc(N)nn1. The summed E-state index contributed by atoms with van der Waals surface area (Å²) in [5.74, 6) is 2.01. The molecule has 0 saturated carbocycles. The quantitative estimate of drug-likeness (QED) is 0.703. The summed E-state index contributed by atoms with van der Waals surface area (Å²) in [5, 5.41) is 10.9. The average Bonchev–Trinajstić information content (AvgIpc) is 2.15. The number of anilines is 2. The van der Waals surface area contributed by atoms with Crippen LogP contribution in [-0.2, 0) is 0 Å². The lowest BCUT2D eigenvalue weighted by Crippen LogP contribution is -2.05. The number of nitrogen functional groups attached to an aromatic ring is 1. The van der Waals surface area contributed by atoms with Crippen molar-refractivity contribution in [1.29, 1.82) is 0 Å². The number of hydrogen-bond acceptors (Lipinski definition) is 4. The first-order valence-corrected chi connectivity index (χ1v) is 5.01. The van der Waals surface area contributed by atoms with Gasteiger partial charge in [0.15, 0.2) is 0 Å². The molecular formula is C10H18N4. The Kier molecular flexibility index (Phi) is 4.16. The van der Waals surface area contributed by atoms with Gasteiger partial charge in [-0.3, -0.25) is 0 Å². The van der Waals surface area contributed by atoms with Crippen molar-refractivity contribution in [3.63, 3.8) is 0 Å². The van der Waals surface area contributed by atoms with Crippen molar-refractivity contribution in [1.82, 2.24) is 10.2 Å². The van der Waals surface area contributed by atoms with Crippen molar-refractivity contribution < 1.29 is 0 Å². The lowest BCUT2D eigenvalue weighted by atomic mass is 10.1. The Morgan fingerprint density at radius 3 is 2.71 bits per heavy atom. The molecule has 0 spiro atoms. The van der Waals surface area contributed by atoms with Crippen LogP contribution >= 0.6 is 0 Å². The number of nitrogens with one attached hydrogen (secondary N) is 1. The predicted molar refractivity (Wildman–Crippen MR) is 59.0 cm³/mol. The van der Waals surface area contributed by atoms with Gasteiger partial charge in [-0.15, -0.1) is 10.2 Å². The molecule has 78 valence electrons. The maximum atomic E-state index is 5.42. The highest BCUT2D eigenvalue weighted by atomic mass is 15.2. The minimum atomic E-state index is 0.456. The largest absolute Gasteiger partial charge is 0.382 e. The van der Waals surface area contributed by atoms with Gasteiger partial charge < -0.3 is 11.1 Å². The molecular weight excluding hydrogens is 176 g/mol. The number of hydrogen-bond donors (Lipinski definition) is 2. The average molecular weight is 194 g/mol. The molecule has 4 nitrogen and oxygen atoms in total. The molecule has 1 aromatic rings. The van der Waals surface area contributed by atoms with Crippen LogP contribution in [0.5, 0.6) is 0 Å². The molecule has 0 unspecified atom stereocenters. The normalized spacial score (nSPS) is 10.5. The Hall–Kier alpha value is -1.32. The summed E-state index contributed by atoms with van der Waals surface area (Å²) >= 11 is 0. The van der Waals surface area contributed by atoms with Crippen LogP contribution in [0.15, 0.2) is 12.1 Å². The molecule has 0 saturated heterocycles. The zero-order valence-electron chi connectivity index (χ0n) is 8.83. The van der Waals surface area contributed by atoms with Gasteiger partial charge in [0, 0.05) is 6.54 Å². The van der Waals surface area contributed by atoms with Gasteiger partial charge in [-0.05, 0) is 30.9 Å². The second-order valence-electron chi connectivity index (χ2n) is 3.81. The minimum Gasteiger partial charge on any atom is -0.382 e. The molecule has 0 aliphatic carbocycles. The number of nitrogens with zero attached hydrogens (tertiary/aromatic N) is 2. The maximum absolute atomic E-state index is 5.42. The summed E-state index contributed by atoms with van der Waals surface area (Å²) in [7, 11) is 0. The third-order valence-corrected chi connectivity index (χ3v) is 1.95. The molecule has 1 rings (SSSR count). The topological polar surface area (TPSA) is 63.8 Å². The number of rotatable bonds is 5. The van der Waals surface area contributed by atoms with Gasteiger partial charge in [0.2, 0.25) is 0 Å². The molecule has 14 heavy (non-hydrogen) atoms. The van der Waals surface area contributed by atoms with Crippen molar-refractivity contribution in [2.75, 3.05) is 17.6 Å². The molecule has 0 aromatic carbocycles. The summed E-state index contributed by atoms with van der Waals surface area (Å²) < 4.78 is 0. The second-order valence-corrected chi connectivity index (χ2v) is 3.81. The van der Waals surface area contributed by atoms with E-state index in [0.717, 1.165) is 24.7 Å². The minimum absolute atomic E-state index is 0.456. The summed E-state index contributed by atoms with van der Waals surface area (Å²) in [6.07, 6.45) is 2.39. The van der Waals surface area contributed by atoms with Crippen molar-refractivity contribution >= 4 is 11.6 Å². The van der Waals surface area contributed by atoms with Crippen molar-refractivity contribution in [2.24, 2.45) is 5.92 Å². The lowest BCUT2D eigenvalue weighted by Gasteiger charge is -2.06. The van der Waals surface area contributed by atoms with Gasteiger partial charge in [0.1, 0.15) is 11.6 Å². The van der Waals surface area contributed by atoms with Crippen LogP contribution in [0.4, 0.5) is 11.6 Å². The van der Waals surface area contributed by atoms with E-state index in [1.165, 1.54) is 6.42 Å². The van der Waals surface area contributed by atoms with E-state index in [4.69, 9.17) is 5.73 Å². The van der Waals surface area contributed by atoms with Crippen LogP contribution in [-0.4, -0.2) is 16.7 Å². The number of aromatic nitrogens is 2. The molecule has 0 amide bonds. The Bertz CT molecular complexity index is 255. The fraction of sp³-hybridized carbons (Fsp3) is 0.600. The number of nitrogens with two attached hydrogens (primary N) is 1. The highest BCUT2D eigenvalue weighted by Crippen LogP contribution is 2.05. The lowest BCUT2D eigenvalue weighted by molar-refractivity contribution is 0.566. The van der Waals surface area contributed by atoms with Crippen LogP contribution in [0.3, 0.4) is 0 Å². The smallest absolute Gasteiger partial charge is 0.148 e. The van der Waals surface area contributed by atoms with Gasteiger partial charge >= 0.3 is 0 Å². The van der Waals surface area contributed by atoms with E-state index in [-0.39, 0.29) is 0 Å². The highest BCUT2D eigenvalue weighted by molar-refractivity contribution is 5.38. The standard InChI is InChI=1S/C10H18N4/c1-8(2)4-3-7-12-10-6-5-9(11)13-14-10/h5-6,8H,3-4,7H2,1-2H3,(H2,11,13)(H,12,14). The third kappa shape index (κ3) is 4.07. The fourth-order valence-electron chi connectivity index (χ4n) is 1.16. The van der Waals surface area contributed by atoms with Crippen LogP contribution < -0.4 is 11.1 Å². The van der Waals surface area contributed by atoms with E-state index in [9.17, 15) is 0 Å². The molecule has 0 fully saturated rings. The Morgan fingerprint density at radius 1 is 1.36 bits per heavy atom. The summed E-state index contributed by atoms with van der Waals surface area (Å²) in [6, 6.07) is 3.59.